The molecule has 22 heavy (non-hydrogen) atoms. The van der Waals surface area contributed by atoms with Crippen molar-refractivity contribution in [2.75, 3.05) is 19.0 Å². The van der Waals surface area contributed by atoms with Crippen LogP contribution in [0.5, 0.6) is 11.5 Å². The van der Waals surface area contributed by atoms with Crippen molar-refractivity contribution in [3.63, 3.8) is 0 Å². The Morgan fingerprint density at radius 2 is 1.45 bits per heavy atom. The number of ether oxygens (including phenoxy) is 2. The molecule has 0 spiro atoms. The third-order valence-electron chi connectivity index (χ3n) is 3.29. The fourth-order valence-electron chi connectivity index (χ4n) is 2.11. The molecule has 0 fully saturated rings. The maximum absolute atomic E-state index is 5.88. The lowest BCUT2D eigenvalue weighted by molar-refractivity contribution is 0.309. The van der Waals surface area contributed by atoms with Crippen LogP contribution >= 0.6 is 15.9 Å². The van der Waals surface area contributed by atoms with Gasteiger partial charge in [0.15, 0.2) is 0 Å². The Balaban J connectivity index is 2.10. The van der Waals surface area contributed by atoms with Crippen molar-refractivity contribution in [2.45, 2.75) is 12.8 Å². The van der Waals surface area contributed by atoms with Crippen molar-refractivity contribution in [3.05, 3.63) is 59.7 Å². The van der Waals surface area contributed by atoms with Gasteiger partial charge < -0.3 is 9.47 Å². The maximum atomic E-state index is 5.88. The van der Waals surface area contributed by atoms with Crippen molar-refractivity contribution < 1.29 is 9.47 Å². The van der Waals surface area contributed by atoms with Gasteiger partial charge in [-0.3, -0.25) is 0 Å². The van der Waals surface area contributed by atoms with E-state index in [0.717, 1.165) is 47.4 Å². The SMILES string of the molecule is COc1ccccc1/C=C/c1ccccc1OCCCCBr. The van der Waals surface area contributed by atoms with Gasteiger partial charge in [-0.25, -0.2) is 0 Å². The van der Waals surface area contributed by atoms with Gasteiger partial charge in [-0.15, -0.1) is 0 Å². The molecule has 0 bridgehead atoms. The second-order valence-corrected chi connectivity index (χ2v) is 5.65. The molecule has 0 aliphatic heterocycles. The molecule has 0 heterocycles. The average molecular weight is 361 g/mol. The van der Waals surface area contributed by atoms with Gasteiger partial charge in [0.25, 0.3) is 0 Å². The predicted octanol–water partition coefficient (Wildman–Crippen LogP) is 5.42. The Labute approximate surface area is 140 Å². The Morgan fingerprint density at radius 3 is 2.09 bits per heavy atom. The number of hydrogen-bond donors (Lipinski definition) is 0. The summed E-state index contributed by atoms with van der Waals surface area (Å²) in [6.07, 6.45) is 6.30. The first kappa shape index (κ1) is 16.6. The van der Waals surface area contributed by atoms with Crippen LogP contribution < -0.4 is 9.47 Å². The van der Waals surface area contributed by atoms with Gasteiger partial charge in [-0.2, -0.15) is 0 Å². The van der Waals surface area contributed by atoms with Crippen molar-refractivity contribution in [1.29, 1.82) is 0 Å². The first-order valence-electron chi connectivity index (χ1n) is 7.44. The summed E-state index contributed by atoms with van der Waals surface area (Å²) in [6.45, 7) is 0.741. The minimum Gasteiger partial charge on any atom is -0.496 e. The number of para-hydroxylation sites is 2. The summed E-state index contributed by atoms with van der Waals surface area (Å²) >= 11 is 3.44. The highest BCUT2D eigenvalue weighted by Crippen LogP contribution is 2.24. The van der Waals surface area contributed by atoms with Gasteiger partial charge in [0.1, 0.15) is 11.5 Å². The minimum absolute atomic E-state index is 0.741. The fraction of sp³-hybridized carbons (Fsp3) is 0.263. The third kappa shape index (κ3) is 4.92. The maximum Gasteiger partial charge on any atom is 0.126 e. The zero-order valence-corrected chi connectivity index (χ0v) is 14.4. The van der Waals surface area contributed by atoms with Crippen molar-refractivity contribution in [1.82, 2.24) is 0 Å². The van der Waals surface area contributed by atoms with Gasteiger partial charge in [0, 0.05) is 16.5 Å². The van der Waals surface area contributed by atoms with E-state index in [1.165, 1.54) is 0 Å². The molecule has 2 nitrogen and oxygen atoms in total. The lowest BCUT2D eigenvalue weighted by Crippen LogP contribution is -1.98. The Bertz CT molecular complexity index is 608. The van der Waals surface area contributed by atoms with Crippen LogP contribution in [-0.2, 0) is 0 Å². The number of methoxy groups -OCH3 is 1. The van der Waals surface area contributed by atoms with E-state index in [1.54, 1.807) is 7.11 Å². The summed E-state index contributed by atoms with van der Waals surface area (Å²) in [5, 5.41) is 1.02. The van der Waals surface area contributed by atoms with E-state index in [4.69, 9.17) is 9.47 Å². The van der Waals surface area contributed by atoms with E-state index < -0.39 is 0 Å². The molecular weight excluding hydrogens is 340 g/mol. The molecule has 0 amide bonds. The second kappa shape index (κ2) is 9.31. The van der Waals surface area contributed by atoms with E-state index in [9.17, 15) is 0 Å². The number of rotatable bonds is 8. The molecule has 0 unspecified atom stereocenters. The monoisotopic (exact) mass is 360 g/mol. The van der Waals surface area contributed by atoms with Gasteiger partial charge in [-0.1, -0.05) is 64.5 Å². The van der Waals surface area contributed by atoms with E-state index in [-0.39, 0.29) is 0 Å². The van der Waals surface area contributed by atoms with Crippen LogP contribution in [0.2, 0.25) is 0 Å². The van der Waals surface area contributed by atoms with E-state index in [2.05, 4.69) is 34.1 Å². The highest BCUT2D eigenvalue weighted by atomic mass is 79.9. The fourth-order valence-corrected chi connectivity index (χ4v) is 2.51. The number of unbranched alkanes of at least 4 members (excludes halogenated alkanes) is 1. The molecule has 0 aliphatic rings. The lowest BCUT2D eigenvalue weighted by atomic mass is 10.1. The van der Waals surface area contributed by atoms with E-state index in [0.29, 0.717) is 0 Å². The Kier molecular flexibility index (Phi) is 7.04. The van der Waals surface area contributed by atoms with Crippen LogP contribution in [-0.4, -0.2) is 19.0 Å². The number of halogens is 1. The van der Waals surface area contributed by atoms with Crippen LogP contribution in [0.25, 0.3) is 12.2 Å². The molecule has 0 atom stereocenters. The molecule has 2 rings (SSSR count). The van der Waals surface area contributed by atoms with Crippen LogP contribution in [0.4, 0.5) is 0 Å². The standard InChI is InChI=1S/C19H21BrO2/c1-21-18-10-4-2-8-16(18)12-13-17-9-3-5-11-19(17)22-15-7-6-14-20/h2-5,8-13H,6-7,14-15H2,1H3/b13-12+. The van der Waals surface area contributed by atoms with E-state index in [1.807, 2.05) is 42.5 Å². The zero-order valence-electron chi connectivity index (χ0n) is 12.8. The van der Waals surface area contributed by atoms with Gasteiger partial charge >= 0.3 is 0 Å². The molecule has 0 aromatic heterocycles. The molecule has 2 aromatic carbocycles. The van der Waals surface area contributed by atoms with Crippen molar-refractivity contribution in [2.24, 2.45) is 0 Å². The topological polar surface area (TPSA) is 18.5 Å². The summed E-state index contributed by atoms with van der Waals surface area (Å²) in [7, 11) is 1.69. The summed E-state index contributed by atoms with van der Waals surface area (Å²) in [6, 6.07) is 16.1. The molecular formula is C19H21BrO2. The molecule has 0 radical (unpaired) electrons. The minimum atomic E-state index is 0.741. The Morgan fingerprint density at radius 1 is 0.864 bits per heavy atom. The first-order chi connectivity index (χ1) is 10.8. The zero-order chi connectivity index (χ0) is 15.6. The average Bonchev–Trinajstić information content (AvgIpc) is 2.58. The van der Waals surface area contributed by atoms with Crippen molar-refractivity contribution in [3.8, 4) is 11.5 Å². The molecule has 116 valence electrons. The predicted molar refractivity (Wildman–Crippen MR) is 96.9 cm³/mol. The van der Waals surface area contributed by atoms with Gasteiger partial charge in [0.05, 0.1) is 13.7 Å². The summed E-state index contributed by atoms with van der Waals surface area (Å²) in [4.78, 5) is 0. The van der Waals surface area contributed by atoms with Crippen LogP contribution in [0, 0.1) is 0 Å². The summed E-state index contributed by atoms with van der Waals surface area (Å²) in [5.74, 6) is 1.79. The van der Waals surface area contributed by atoms with E-state index >= 15 is 0 Å². The summed E-state index contributed by atoms with van der Waals surface area (Å²) < 4.78 is 11.2. The molecule has 0 saturated carbocycles. The third-order valence-corrected chi connectivity index (χ3v) is 3.85. The van der Waals surface area contributed by atoms with Crippen LogP contribution in [0.15, 0.2) is 48.5 Å². The van der Waals surface area contributed by atoms with Crippen LogP contribution in [0.3, 0.4) is 0 Å². The van der Waals surface area contributed by atoms with Gasteiger partial charge in [-0.05, 0) is 25.0 Å². The highest BCUT2D eigenvalue weighted by molar-refractivity contribution is 9.09. The quantitative estimate of drug-likeness (QED) is 0.355. The van der Waals surface area contributed by atoms with Crippen molar-refractivity contribution >= 4 is 28.1 Å². The molecule has 0 saturated heterocycles. The first-order valence-corrected chi connectivity index (χ1v) is 8.56. The number of alkyl halides is 1. The smallest absolute Gasteiger partial charge is 0.126 e. The number of benzene rings is 2. The van der Waals surface area contributed by atoms with Gasteiger partial charge in [0.2, 0.25) is 0 Å². The Hall–Kier alpha value is -1.74. The molecule has 0 N–H and O–H groups in total. The van der Waals surface area contributed by atoms with Crippen LogP contribution in [0.1, 0.15) is 24.0 Å². The lowest BCUT2D eigenvalue weighted by Gasteiger charge is -2.09. The molecule has 3 heteroatoms. The summed E-state index contributed by atoms with van der Waals surface area (Å²) in [5.41, 5.74) is 2.13. The highest BCUT2D eigenvalue weighted by Gasteiger charge is 2.01. The number of hydrogen-bond acceptors (Lipinski definition) is 2. The second-order valence-electron chi connectivity index (χ2n) is 4.86. The largest absolute Gasteiger partial charge is 0.496 e. The normalized spacial score (nSPS) is 10.8. The molecule has 0 aliphatic carbocycles. The molecule has 2 aromatic rings.